The van der Waals surface area contributed by atoms with Gasteiger partial charge in [-0.3, -0.25) is 14.9 Å². The molecule has 8 heteroatoms. The molecule has 1 aromatic heterocycles. The lowest BCUT2D eigenvalue weighted by molar-refractivity contribution is -0.380. The van der Waals surface area contributed by atoms with Crippen molar-refractivity contribution in [2.45, 2.75) is 13.8 Å². The molecule has 0 saturated carbocycles. The molecule has 7 nitrogen and oxygen atoms in total. The molecule has 0 aromatic carbocycles. The zero-order valence-corrected chi connectivity index (χ0v) is 9.58. The van der Waals surface area contributed by atoms with Gasteiger partial charge in [0.15, 0.2) is 5.13 Å². The van der Waals surface area contributed by atoms with Gasteiger partial charge < -0.3 is 10.4 Å². The topological polar surface area (TPSA) is 105 Å². The fourth-order valence-corrected chi connectivity index (χ4v) is 1.43. The molecule has 0 saturated heterocycles. The maximum atomic E-state index is 10.8. The van der Waals surface area contributed by atoms with Crippen LogP contribution in [-0.4, -0.2) is 27.5 Å². The first-order valence-electron chi connectivity index (χ1n) is 4.40. The fourth-order valence-electron chi connectivity index (χ4n) is 0.804. The predicted molar refractivity (Wildman–Crippen MR) is 58.7 cm³/mol. The van der Waals surface area contributed by atoms with Gasteiger partial charge in [-0.15, -0.1) is 0 Å². The molecule has 16 heavy (non-hydrogen) atoms. The maximum Gasteiger partial charge on any atom is 0.345 e. The van der Waals surface area contributed by atoms with E-state index in [2.05, 4.69) is 10.3 Å². The zero-order chi connectivity index (χ0) is 12.3. The summed E-state index contributed by atoms with van der Waals surface area (Å²) in [5.41, 5.74) is -0.944. The molecule has 0 spiro atoms. The Hall–Kier alpha value is -1.70. The summed E-state index contributed by atoms with van der Waals surface area (Å²) in [5.74, 6) is -0.939. The first-order valence-corrected chi connectivity index (χ1v) is 5.22. The summed E-state index contributed by atoms with van der Waals surface area (Å²) in [4.78, 5) is 24.4. The van der Waals surface area contributed by atoms with Crippen LogP contribution in [0.4, 0.5) is 10.1 Å². The van der Waals surface area contributed by atoms with Gasteiger partial charge in [0.25, 0.3) is 0 Å². The van der Waals surface area contributed by atoms with Gasteiger partial charge in [0.05, 0.1) is 10.3 Å². The second kappa shape index (κ2) is 4.44. The van der Waals surface area contributed by atoms with Crippen LogP contribution in [0.1, 0.15) is 13.8 Å². The number of hydrogen-bond donors (Lipinski definition) is 2. The van der Waals surface area contributed by atoms with E-state index in [-0.39, 0.29) is 11.5 Å². The average Bonchev–Trinajstić information content (AvgIpc) is 2.63. The van der Waals surface area contributed by atoms with E-state index in [0.29, 0.717) is 5.13 Å². The number of anilines is 1. The van der Waals surface area contributed by atoms with E-state index in [0.717, 1.165) is 17.5 Å². The third-order valence-corrected chi connectivity index (χ3v) is 2.84. The quantitative estimate of drug-likeness (QED) is 0.602. The Bertz CT molecular complexity index is 415. The molecule has 0 bridgehead atoms. The van der Waals surface area contributed by atoms with Crippen molar-refractivity contribution < 1.29 is 14.8 Å². The van der Waals surface area contributed by atoms with Crippen molar-refractivity contribution in [1.29, 1.82) is 0 Å². The number of carbonyl (C=O) groups is 1. The molecule has 1 aromatic rings. The van der Waals surface area contributed by atoms with Gasteiger partial charge in [-0.05, 0) is 25.2 Å². The van der Waals surface area contributed by atoms with E-state index in [9.17, 15) is 14.9 Å². The maximum absolute atomic E-state index is 10.8. The van der Waals surface area contributed by atoms with Gasteiger partial charge >= 0.3 is 11.0 Å². The second-order valence-corrected chi connectivity index (χ2v) is 4.81. The van der Waals surface area contributed by atoms with Crippen LogP contribution in [0.3, 0.4) is 0 Å². The number of thiazole rings is 1. The molecule has 1 rings (SSSR count). The molecule has 0 amide bonds. The Morgan fingerprint density at radius 2 is 2.38 bits per heavy atom. The minimum absolute atomic E-state index is 0.0735. The monoisotopic (exact) mass is 245 g/mol. The van der Waals surface area contributed by atoms with Crippen LogP contribution in [0, 0.1) is 15.5 Å². The molecule has 0 unspecified atom stereocenters. The summed E-state index contributed by atoms with van der Waals surface area (Å²) in [6, 6.07) is 0. The van der Waals surface area contributed by atoms with E-state index < -0.39 is 16.3 Å². The Labute approximate surface area is 95.3 Å². The van der Waals surface area contributed by atoms with E-state index in [1.807, 2.05) is 0 Å². The second-order valence-electron chi connectivity index (χ2n) is 3.80. The molecule has 0 atom stereocenters. The summed E-state index contributed by atoms with van der Waals surface area (Å²) in [7, 11) is 0. The average molecular weight is 245 g/mol. The first kappa shape index (κ1) is 12.4. The molecule has 2 N–H and O–H groups in total. The molecule has 0 fully saturated rings. The number of carboxylic acid groups (broad SMARTS) is 1. The van der Waals surface area contributed by atoms with Gasteiger partial charge in [-0.2, -0.15) is 0 Å². The van der Waals surface area contributed by atoms with Gasteiger partial charge in [0.1, 0.15) is 6.20 Å². The van der Waals surface area contributed by atoms with Crippen LogP contribution in [0.2, 0.25) is 0 Å². The van der Waals surface area contributed by atoms with Crippen LogP contribution < -0.4 is 5.32 Å². The number of nitrogens with zero attached hydrogens (tertiary/aromatic N) is 2. The number of aromatic nitrogens is 1. The van der Waals surface area contributed by atoms with E-state index in [4.69, 9.17) is 5.11 Å². The molecular weight excluding hydrogens is 234 g/mol. The molecule has 0 aliphatic carbocycles. The smallest absolute Gasteiger partial charge is 0.345 e. The Morgan fingerprint density at radius 1 is 1.75 bits per heavy atom. The lowest BCUT2D eigenvalue weighted by Gasteiger charge is -2.18. The normalized spacial score (nSPS) is 11.1. The molecule has 88 valence electrons. The lowest BCUT2D eigenvalue weighted by Crippen LogP contribution is -2.31. The molecule has 0 aliphatic rings. The van der Waals surface area contributed by atoms with Crippen molar-refractivity contribution in [3.63, 3.8) is 0 Å². The van der Waals surface area contributed by atoms with Crippen LogP contribution in [0.15, 0.2) is 6.20 Å². The van der Waals surface area contributed by atoms with Crippen molar-refractivity contribution >= 4 is 27.4 Å². The van der Waals surface area contributed by atoms with E-state index in [1.165, 1.54) is 0 Å². The number of aliphatic carboxylic acids is 1. The zero-order valence-electron chi connectivity index (χ0n) is 8.76. The number of hydrogen-bond acceptors (Lipinski definition) is 6. The predicted octanol–water partition coefficient (Wildman–Crippen LogP) is 1.57. The van der Waals surface area contributed by atoms with Crippen molar-refractivity contribution in [2.24, 2.45) is 5.41 Å². The number of nitrogens with one attached hydrogen (secondary N) is 1. The minimum Gasteiger partial charge on any atom is -0.481 e. The SMILES string of the molecule is CC(C)(CNc1ncc([N+](=O)[O-])s1)C(=O)O. The van der Waals surface area contributed by atoms with Crippen LogP contribution in [0.5, 0.6) is 0 Å². The third kappa shape index (κ3) is 2.89. The van der Waals surface area contributed by atoms with Crippen molar-refractivity contribution in [2.75, 3.05) is 11.9 Å². The van der Waals surface area contributed by atoms with Crippen molar-refractivity contribution in [3.05, 3.63) is 16.3 Å². The van der Waals surface area contributed by atoms with E-state index in [1.54, 1.807) is 13.8 Å². The summed E-state index contributed by atoms with van der Waals surface area (Å²) >= 11 is 0.879. The standard InChI is InChI=1S/C8H11N3O4S/c1-8(2,6(12)13)4-10-7-9-3-5(16-7)11(14)15/h3H,4H2,1-2H3,(H,9,10)(H,12,13). The lowest BCUT2D eigenvalue weighted by atomic mass is 9.94. The highest BCUT2D eigenvalue weighted by atomic mass is 32.1. The van der Waals surface area contributed by atoms with Gasteiger partial charge in [0.2, 0.25) is 0 Å². The highest BCUT2D eigenvalue weighted by Gasteiger charge is 2.27. The molecule has 1 heterocycles. The summed E-state index contributed by atoms with van der Waals surface area (Å²) < 4.78 is 0. The van der Waals surface area contributed by atoms with E-state index >= 15 is 0 Å². The van der Waals surface area contributed by atoms with Gasteiger partial charge in [-0.1, -0.05) is 0 Å². The fraction of sp³-hybridized carbons (Fsp3) is 0.500. The summed E-state index contributed by atoms with van der Waals surface area (Å²) in [5, 5.41) is 22.3. The number of rotatable bonds is 5. The van der Waals surface area contributed by atoms with Crippen LogP contribution >= 0.6 is 11.3 Å². The molecule has 0 aliphatic heterocycles. The van der Waals surface area contributed by atoms with Crippen molar-refractivity contribution in [3.8, 4) is 0 Å². The van der Waals surface area contributed by atoms with Gasteiger partial charge in [0, 0.05) is 6.54 Å². The van der Waals surface area contributed by atoms with Crippen LogP contribution in [0.25, 0.3) is 0 Å². The van der Waals surface area contributed by atoms with Gasteiger partial charge in [-0.25, -0.2) is 4.98 Å². The largest absolute Gasteiger partial charge is 0.481 e. The molecular formula is C8H11N3O4S. The minimum atomic E-state index is -0.944. The summed E-state index contributed by atoms with van der Waals surface area (Å²) in [6.45, 7) is 3.28. The first-order chi connectivity index (χ1) is 7.33. The molecule has 0 radical (unpaired) electrons. The highest BCUT2D eigenvalue weighted by molar-refractivity contribution is 7.18. The highest BCUT2D eigenvalue weighted by Crippen LogP contribution is 2.26. The number of nitro groups is 1. The Balaban J connectivity index is 2.61. The Kier molecular flexibility index (Phi) is 3.43. The van der Waals surface area contributed by atoms with Crippen LogP contribution in [-0.2, 0) is 4.79 Å². The Morgan fingerprint density at radius 3 is 2.81 bits per heavy atom. The number of carboxylic acids is 1. The summed E-state index contributed by atoms with van der Waals surface area (Å²) in [6.07, 6.45) is 1.14. The third-order valence-electron chi connectivity index (χ3n) is 1.93. The van der Waals surface area contributed by atoms with Crippen molar-refractivity contribution in [1.82, 2.24) is 4.98 Å².